The van der Waals surface area contributed by atoms with E-state index >= 15 is 0 Å². The number of fused-ring (bicyclic) bond motifs is 1. The van der Waals surface area contributed by atoms with E-state index in [0.29, 0.717) is 35.3 Å². The molecule has 0 bridgehead atoms. The lowest BCUT2D eigenvalue weighted by molar-refractivity contribution is -0.137. The molecule has 1 aromatic carbocycles. The molecule has 7 heteroatoms. The third kappa shape index (κ3) is 3.88. The molecule has 3 rings (SSSR count). The second kappa shape index (κ2) is 8.21. The fourth-order valence-electron chi connectivity index (χ4n) is 3.19. The van der Waals surface area contributed by atoms with Crippen LogP contribution in [0.4, 0.5) is 0 Å². The van der Waals surface area contributed by atoms with Crippen LogP contribution in [0, 0.1) is 0 Å². The zero-order valence-electron chi connectivity index (χ0n) is 16.3. The maximum atomic E-state index is 13.2. The van der Waals surface area contributed by atoms with Gasteiger partial charge < -0.3 is 10.0 Å². The highest BCUT2D eigenvalue weighted by molar-refractivity contribution is 6.07. The molecule has 7 nitrogen and oxygen atoms in total. The topological polar surface area (TPSA) is 88.3 Å². The summed E-state index contributed by atoms with van der Waals surface area (Å²) in [4.78, 5) is 30.6. The molecule has 0 atom stereocenters. The monoisotopic (exact) mass is 380 g/mol. The summed E-state index contributed by atoms with van der Waals surface area (Å²) >= 11 is 0. The molecule has 1 amide bonds. The Labute approximate surface area is 163 Å². The van der Waals surface area contributed by atoms with E-state index in [1.807, 2.05) is 51.1 Å². The maximum Gasteiger partial charge on any atom is 0.323 e. The molecular weight excluding hydrogens is 356 g/mol. The molecule has 1 N–H and O–H groups in total. The normalized spacial score (nSPS) is 11.1. The number of nitrogens with zero attached hydrogens (tertiary/aromatic N) is 4. The first-order valence-corrected chi connectivity index (χ1v) is 9.37. The van der Waals surface area contributed by atoms with Crippen molar-refractivity contribution < 1.29 is 14.7 Å². The van der Waals surface area contributed by atoms with Crippen LogP contribution in [0.1, 0.15) is 43.6 Å². The van der Waals surface area contributed by atoms with Crippen LogP contribution in [-0.4, -0.2) is 49.7 Å². The van der Waals surface area contributed by atoms with Crippen LogP contribution in [0.2, 0.25) is 0 Å². The number of hydrogen-bond donors (Lipinski definition) is 1. The summed E-state index contributed by atoms with van der Waals surface area (Å²) in [5, 5.41) is 14.2. The fourth-order valence-corrected chi connectivity index (χ4v) is 3.19. The maximum absolute atomic E-state index is 13.2. The Hall–Kier alpha value is -3.22. The van der Waals surface area contributed by atoms with E-state index < -0.39 is 5.97 Å². The van der Waals surface area contributed by atoms with Crippen LogP contribution in [0.3, 0.4) is 0 Å². The summed E-state index contributed by atoms with van der Waals surface area (Å²) in [6.45, 7) is 5.94. The van der Waals surface area contributed by atoms with Crippen molar-refractivity contribution in [2.75, 3.05) is 13.1 Å². The summed E-state index contributed by atoms with van der Waals surface area (Å²) in [5.41, 5.74) is 2.58. The zero-order chi connectivity index (χ0) is 20.3. The van der Waals surface area contributed by atoms with E-state index in [0.717, 1.165) is 5.56 Å². The van der Waals surface area contributed by atoms with Crippen molar-refractivity contribution in [3.05, 3.63) is 48.2 Å². The number of carbonyl (C=O) groups excluding carboxylic acids is 1. The lowest BCUT2D eigenvalue weighted by Gasteiger charge is -2.21. The van der Waals surface area contributed by atoms with Gasteiger partial charge in [0.05, 0.1) is 22.8 Å². The van der Waals surface area contributed by atoms with E-state index in [9.17, 15) is 14.7 Å². The summed E-state index contributed by atoms with van der Waals surface area (Å²) in [5.74, 6) is -1.36. The minimum Gasteiger partial charge on any atom is -0.480 e. The Morgan fingerprint density at radius 3 is 2.54 bits per heavy atom. The van der Waals surface area contributed by atoms with Crippen molar-refractivity contribution >= 4 is 22.9 Å². The summed E-state index contributed by atoms with van der Waals surface area (Å²) < 4.78 is 1.78. The van der Waals surface area contributed by atoms with Crippen molar-refractivity contribution in [2.24, 2.45) is 0 Å². The largest absolute Gasteiger partial charge is 0.480 e. The highest BCUT2D eigenvalue weighted by Crippen LogP contribution is 2.27. The molecule has 28 heavy (non-hydrogen) atoms. The highest BCUT2D eigenvalue weighted by atomic mass is 16.4. The Morgan fingerprint density at radius 1 is 1.21 bits per heavy atom. The lowest BCUT2D eigenvalue weighted by Crippen LogP contribution is -2.36. The number of amides is 1. The highest BCUT2D eigenvalue weighted by Gasteiger charge is 2.23. The average Bonchev–Trinajstić information content (AvgIpc) is 3.11. The van der Waals surface area contributed by atoms with Gasteiger partial charge in [-0.3, -0.25) is 9.59 Å². The molecule has 0 fully saturated rings. The van der Waals surface area contributed by atoms with Crippen LogP contribution in [-0.2, 0) is 4.79 Å². The number of carboxylic acid groups (broad SMARTS) is 1. The van der Waals surface area contributed by atoms with Crippen molar-refractivity contribution in [1.82, 2.24) is 19.7 Å². The first-order chi connectivity index (χ1) is 13.4. The number of pyridine rings is 1. The minimum atomic E-state index is -1.03. The predicted molar refractivity (Wildman–Crippen MR) is 107 cm³/mol. The molecule has 0 unspecified atom stereocenters. The van der Waals surface area contributed by atoms with Crippen LogP contribution < -0.4 is 0 Å². The Morgan fingerprint density at radius 2 is 1.93 bits per heavy atom. The fraction of sp³-hybridized carbons (Fsp3) is 0.333. The van der Waals surface area contributed by atoms with Crippen molar-refractivity contribution in [3.63, 3.8) is 0 Å². The van der Waals surface area contributed by atoms with E-state index in [1.165, 1.54) is 4.90 Å². The SMILES string of the molecule is CCCN(CC(=O)O)C(=O)c1cc(-c2ccccc2)nc2c1cnn2C(C)C. The van der Waals surface area contributed by atoms with Gasteiger partial charge in [0.2, 0.25) is 0 Å². The Bertz CT molecular complexity index is 996. The van der Waals surface area contributed by atoms with Gasteiger partial charge in [-0.05, 0) is 26.3 Å². The van der Waals surface area contributed by atoms with Crippen molar-refractivity contribution in [1.29, 1.82) is 0 Å². The van der Waals surface area contributed by atoms with Crippen LogP contribution in [0.5, 0.6) is 0 Å². The second-order valence-corrected chi connectivity index (χ2v) is 6.96. The number of rotatable bonds is 7. The number of benzene rings is 1. The van der Waals surface area contributed by atoms with Gasteiger partial charge in [0.25, 0.3) is 5.91 Å². The van der Waals surface area contributed by atoms with Gasteiger partial charge in [0.15, 0.2) is 5.65 Å². The molecule has 0 saturated heterocycles. The average molecular weight is 380 g/mol. The van der Waals surface area contributed by atoms with E-state index in [2.05, 4.69) is 5.10 Å². The Kier molecular flexibility index (Phi) is 5.73. The first-order valence-electron chi connectivity index (χ1n) is 9.37. The molecule has 0 saturated carbocycles. The molecule has 2 aromatic heterocycles. The zero-order valence-corrected chi connectivity index (χ0v) is 16.3. The molecular formula is C21H24N4O3. The number of aromatic nitrogens is 3. The molecule has 0 spiro atoms. The van der Waals surface area contributed by atoms with Gasteiger partial charge in [-0.1, -0.05) is 37.3 Å². The molecule has 3 aromatic rings. The lowest BCUT2D eigenvalue weighted by atomic mass is 10.1. The summed E-state index contributed by atoms with van der Waals surface area (Å²) in [6.07, 6.45) is 2.30. The summed E-state index contributed by atoms with van der Waals surface area (Å²) in [6, 6.07) is 11.4. The minimum absolute atomic E-state index is 0.0738. The second-order valence-electron chi connectivity index (χ2n) is 6.96. The van der Waals surface area contributed by atoms with Gasteiger partial charge in [0, 0.05) is 18.2 Å². The van der Waals surface area contributed by atoms with Crippen molar-refractivity contribution in [2.45, 2.75) is 33.2 Å². The number of hydrogen-bond acceptors (Lipinski definition) is 4. The van der Waals surface area contributed by atoms with Crippen LogP contribution in [0.15, 0.2) is 42.6 Å². The van der Waals surface area contributed by atoms with Gasteiger partial charge >= 0.3 is 5.97 Å². The standard InChI is InChI=1S/C21H24N4O3/c1-4-10-24(13-19(26)27)21(28)16-11-18(15-8-6-5-7-9-15)23-20-17(16)12-22-25(20)14(2)3/h5-9,11-12,14H,4,10,13H2,1-3H3,(H,26,27). The quantitative estimate of drug-likeness (QED) is 0.676. The van der Waals surface area contributed by atoms with Gasteiger partial charge in [-0.2, -0.15) is 5.10 Å². The predicted octanol–water partition coefficient (Wildman–Crippen LogP) is 3.62. The molecule has 2 heterocycles. The molecule has 0 aliphatic heterocycles. The van der Waals surface area contributed by atoms with Crippen LogP contribution >= 0.6 is 0 Å². The van der Waals surface area contributed by atoms with E-state index in [4.69, 9.17) is 4.98 Å². The van der Waals surface area contributed by atoms with Gasteiger partial charge in [-0.25, -0.2) is 9.67 Å². The Balaban J connectivity index is 2.19. The number of carboxylic acids is 1. The van der Waals surface area contributed by atoms with E-state index in [-0.39, 0.29) is 18.5 Å². The van der Waals surface area contributed by atoms with Gasteiger partial charge in [0.1, 0.15) is 6.54 Å². The third-order valence-corrected chi connectivity index (χ3v) is 4.46. The smallest absolute Gasteiger partial charge is 0.323 e. The molecule has 0 aliphatic rings. The number of aliphatic carboxylic acids is 1. The number of carbonyl (C=O) groups is 2. The van der Waals surface area contributed by atoms with Crippen LogP contribution in [0.25, 0.3) is 22.3 Å². The molecule has 146 valence electrons. The van der Waals surface area contributed by atoms with Crippen molar-refractivity contribution in [3.8, 4) is 11.3 Å². The third-order valence-electron chi connectivity index (χ3n) is 4.46. The summed E-state index contributed by atoms with van der Waals surface area (Å²) in [7, 11) is 0. The first kappa shape index (κ1) is 19.5. The van der Waals surface area contributed by atoms with Gasteiger partial charge in [-0.15, -0.1) is 0 Å². The van der Waals surface area contributed by atoms with E-state index in [1.54, 1.807) is 16.9 Å². The molecule has 0 aliphatic carbocycles. The molecule has 0 radical (unpaired) electrons.